The molecule has 4 aromatic carbocycles. The van der Waals surface area contributed by atoms with Gasteiger partial charge in [0.15, 0.2) is 25.1 Å². The van der Waals surface area contributed by atoms with Crippen LogP contribution < -0.4 is 73.8 Å². The van der Waals surface area contributed by atoms with Crippen molar-refractivity contribution in [1.29, 1.82) is 0 Å². The summed E-state index contributed by atoms with van der Waals surface area (Å²) in [6.07, 6.45) is 6.09. The molecule has 12 rings (SSSR count). The number of carbonyl (C=O) groups excluding carboxylic acids is 3. The average Bonchev–Trinajstić information content (AvgIpc) is 4.47. The molecule has 4 aliphatic heterocycles. The zero-order valence-corrected chi connectivity index (χ0v) is 49.6. The molecule has 4 aromatic heterocycles. The molecule has 8 heterocycles. The molecular weight excluding hydrogens is 1040 g/mol. The van der Waals surface area contributed by atoms with Crippen LogP contribution in [0.15, 0.2) is 85.2 Å². The van der Waals surface area contributed by atoms with Gasteiger partial charge >= 0.3 is 71.3 Å². The number of amides is 2. The van der Waals surface area contributed by atoms with Crippen molar-refractivity contribution < 1.29 is 113 Å². The van der Waals surface area contributed by atoms with Crippen molar-refractivity contribution in [3.8, 4) is 56.5 Å². The number of ether oxygens (including phenoxy) is 4. The zero-order valence-electron chi connectivity index (χ0n) is 46.6. The van der Waals surface area contributed by atoms with Crippen LogP contribution in [-0.4, -0.2) is 81.8 Å². The fourth-order valence-electron chi connectivity index (χ4n) is 10.4. The molecule has 0 saturated carbocycles. The predicted octanol–water partition coefficient (Wildman–Crippen LogP) is 6.33. The van der Waals surface area contributed by atoms with E-state index in [1.807, 2.05) is 137 Å². The Morgan fingerprint density at radius 3 is 1.58 bits per heavy atom. The minimum absolute atomic E-state index is 0. The maximum atomic E-state index is 16.4. The molecule has 2 atom stereocenters. The number of aromatic nitrogens is 6. The number of carbonyl (C=O) groups is 3. The van der Waals surface area contributed by atoms with Crippen molar-refractivity contribution in [2.75, 3.05) is 13.1 Å². The fourth-order valence-corrected chi connectivity index (χ4v) is 10.4. The second-order valence-electron chi connectivity index (χ2n) is 21.4. The van der Waals surface area contributed by atoms with Gasteiger partial charge in [0.25, 0.3) is 6.47 Å². The van der Waals surface area contributed by atoms with Gasteiger partial charge in [-0.1, -0.05) is 37.3 Å². The standard InChI is InChI=1S/C39H44FN7O5.C17H14FNO.CH2O3.CH4.2Na.H/c1-38(2,3)51-36(48)45-15-7-9-29(45)34-41-19-26(43-34)22-12-14-28-25(17-22)32(40)33-24-13-11-23(18-31(24)50-21-47(28)33)27-20-42-35(44-27)30-10-8-16-46(30)37(49)52-39(4,5)6;1-10-4-6-14-13(7-10)16(18)17-12-5-3-11(2)8-15(12)20-9-19(14)17;2-1-4-3;;;;/h11-14,17-20,29-30H,7-10,15-16,21H2,1-6H3,(H,41,43)(H,42,44);3-8H,9H2,1-2H3;1,3H;1H4;;;/q;;;;2*+1;-1/p-1/t29-,30-;;;;;;/m0....../s1. The summed E-state index contributed by atoms with van der Waals surface area (Å²) in [6, 6.07) is 22.7. The van der Waals surface area contributed by atoms with E-state index in [0.717, 1.165) is 81.7 Å². The van der Waals surface area contributed by atoms with Gasteiger partial charge in [-0.05, 0) is 135 Å². The van der Waals surface area contributed by atoms with Crippen LogP contribution in [0.2, 0.25) is 0 Å². The molecule has 79 heavy (non-hydrogen) atoms. The summed E-state index contributed by atoms with van der Waals surface area (Å²) in [5.74, 6) is 2.23. The topological polar surface area (TPSA) is 194 Å². The average molecular weight is 1100 g/mol. The number of likely N-dealkylation sites (tertiary alicyclic amines) is 2. The molecule has 2 amide bonds. The first-order chi connectivity index (χ1) is 36.3. The third-order valence-corrected chi connectivity index (χ3v) is 13.7. The summed E-state index contributed by atoms with van der Waals surface area (Å²) < 4.78 is 58.2. The molecule has 0 radical (unpaired) electrons. The van der Waals surface area contributed by atoms with Gasteiger partial charge in [-0.2, -0.15) is 0 Å². The summed E-state index contributed by atoms with van der Waals surface area (Å²) in [6.45, 7) is 16.7. The first-order valence-corrected chi connectivity index (χ1v) is 25.2. The van der Waals surface area contributed by atoms with Crippen molar-refractivity contribution in [2.45, 2.75) is 125 Å². The summed E-state index contributed by atoms with van der Waals surface area (Å²) >= 11 is 0. The molecule has 2 N–H and O–H groups in total. The smallest absolute Gasteiger partial charge is 1.00 e. The van der Waals surface area contributed by atoms with E-state index >= 15 is 4.39 Å². The van der Waals surface area contributed by atoms with Gasteiger partial charge in [0, 0.05) is 46.1 Å². The van der Waals surface area contributed by atoms with Crippen LogP contribution >= 0.6 is 0 Å². The van der Waals surface area contributed by atoms with Crippen LogP contribution in [0.1, 0.15) is 111 Å². The van der Waals surface area contributed by atoms with E-state index in [9.17, 15) is 14.0 Å². The second-order valence-corrected chi connectivity index (χ2v) is 21.4. The Hall–Kier alpha value is -6.19. The number of nitrogens with one attached hydrogen (secondary N) is 2. The molecule has 2 fully saturated rings. The normalized spacial score (nSPS) is 15.9. The Morgan fingerprint density at radius 2 is 1.09 bits per heavy atom. The number of imidazole rings is 2. The van der Waals surface area contributed by atoms with Gasteiger partial charge in [0.2, 0.25) is 0 Å². The van der Waals surface area contributed by atoms with E-state index in [4.69, 9.17) is 29.0 Å². The first-order valence-electron chi connectivity index (χ1n) is 25.2. The van der Waals surface area contributed by atoms with E-state index in [1.54, 1.807) is 22.2 Å². The van der Waals surface area contributed by atoms with Crippen molar-refractivity contribution in [1.82, 2.24) is 38.9 Å². The Labute approximate surface area is 502 Å². The number of benzene rings is 4. The van der Waals surface area contributed by atoms with Gasteiger partial charge in [-0.15, -0.1) is 0 Å². The summed E-state index contributed by atoms with van der Waals surface area (Å²) in [5.41, 5.74) is 8.34. The van der Waals surface area contributed by atoms with Crippen LogP contribution in [0.4, 0.5) is 18.4 Å². The summed E-state index contributed by atoms with van der Waals surface area (Å²) in [4.78, 5) is 56.5. The van der Waals surface area contributed by atoms with E-state index in [2.05, 4.69) is 24.8 Å². The number of H-pyrrole nitrogens is 2. The van der Waals surface area contributed by atoms with E-state index in [1.165, 1.54) is 0 Å². The largest absolute Gasteiger partial charge is 1.00 e. The zero-order chi connectivity index (χ0) is 53.8. The van der Waals surface area contributed by atoms with Crippen LogP contribution in [0.5, 0.6) is 11.5 Å². The Morgan fingerprint density at radius 1 is 0.671 bits per heavy atom. The number of aromatic amines is 2. The number of hydrogen-bond acceptors (Lipinski definition) is 11. The maximum absolute atomic E-state index is 16.4. The molecule has 17 nitrogen and oxygen atoms in total. The summed E-state index contributed by atoms with van der Waals surface area (Å²) in [5, 5.41) is 9.57. The maximum Gasteiger partial charge on any atom is 1.00 e. The molecular formula is C58H64F2N8Na2O9. The van der Waals surface area contributed by atoms with Crippen molar-refractivity contribution >= 4 is 40.5 Å². The van der Waals surface area contributed by atoms with Crippen molar-refractivity contribution in [3.63, 3.8) is 0 Å². The Bertz CT molecular complexity index is 3550. The van der Waals surface area contributed by atoms with Gasteiger partial charge in [-0.25, -0.2) is 28.3 Å². The van der Waals surface area contributed by atoms with Gasteiger partial charge in [0.1, 0.15) is 34.3 Å². The van der Waals surface area contributed by atoms with E-state index in [-0.39, 0.29) is 117 Å². The fraction of sp³-hybridized carbons (Fsp3) is 0.362. The molecule has 0 spiro atoms. The van der Waals surface area contributed by atoms with E-state index in [0.29, 0.717) is 64.9 Å². The van der Waals surface area contributed by atoms with Crippen molar-refractivity contribution in [3.05, 3.63) is 120 Å². The first kappa shape index (κ1) is 60.5. The van der Waals surface area contributed by atoms with Crippen LogP contribution in [-0.2, 0) is 32.6 Å². The number of fused-ring (bicyclic) bond motifs is 10. The third kappa shape index (κ3) is 12.3. The third-order valence-electron chi connectivity index (χ3n) is 13.7. The number of nitrogens with zero attached hydrogens (tertiary/aromatic N) is 6. The number of halogens is 2. The monoisotopic (exact) mass is 1100 g/mol. The minimum Gasteiger partial charge on any atom is -1.00 e. The van der Waals surface area contributed by atoms with Gasteiger partial charge in [0.05, 0.1) is 58.3 Å². The Balaban J connectivity index is 0.000000307. The molecule has 0 aliphatic carbocycles. The van der Waals surface area contributed by atoms with E-state index < -0.39 is 11.2 Å². The molecule has 2 saturated heterocycles. The molecule has 21 heteroatoms. The number of rotatable bonds is 5. The van der Waals surface area contributed by atoms with Crippen LogP contribution in [0, 0.1) is 25.5 Å². The molecule has 406 valence electrons. The number of aryl methyl sites for hydroxylation is 2. The predicted molar refractivity (Wildman–Crippen MR) is 285 cm³/mol. The minimum atomic E-state index is -0.588. The SMILES string of the molecule is C.CC(C)(C)OC(=O)N1CCC[C@H]1c1ncc(-c2ccc3c(c2)OCn2c-3c(F)c3cc(-c4cnc([C@@H]5CCCN5C(=O)OC(C)(C)C)[nH]4)ccc32)[nH]1.Cc1ccc2c(c1)OCn1c-2c(F)c2cc(C)ccc21.O=CO[O-].[H-].[Na+].[Na+]. The second kappa shape index (κ2) is 24.3. The quantitative estimate of drug-likeness (QED) is 0.0847. The van der Waals surface area contributed by atoms with Gasteiger partial charge in [-0.3, -0.25) is 14.6 Å². The molecule has 8 aromatic rings. The molecule has 0 unspecified atom stereocenters. The molecule has 0 bridgehead atoms. The van der Waals surface area contributed by atoms with Gasteiger partial charge < -0.3 is 49.6 Å². The van der Waals surface area contributed by atoms with Crippen LogP contribution in [0.3, 0.4) is 0 Å². The Kier molecular flexibility index (Phi) is 18.6. The summed E-state index contributed by atoms with van der Waals surface area (Å²) in [7, 11) is 0. The number of hydrogen-bond donors (Lipinski definition) is 2. The molecule has 4 aliphatic rings. The van der Waals surface area contributed by atoms with Crippen molar-refractivity contribution in [2.24, 2.45) is 0 Å². The van der Waals surface area contributed by atoms with Crippen LogP contribution in [0.25, 0.3) is 66.8 Å².